The van der Waals surface area contributed by atoms with E-state index >= 15 is 0 Å². The van der Waals surface area contributed by atoms with E-state index in [1.165, 1.54) is 29.7 Å². The van der Waals surface area contributed by atoms with Crippen LogP contribution >= 0.6 is 0 Å². The van der Waals surface area contributed by atoms with Crippen LogP contribution in [0.25, 0.3) is 0 Å². The van der Waals surface area contributed by atoms with Gasteiger partial charge in [0.15, 0.2) is 0 Å². The summed E-state index contributed by atoms with van der Waals surface area (Å²) in [4.78, 5) is 15.4. The van der Waals surface area contributed by atoms with Gasteiger partial charge in [-0.25, -0.2) is 0 Å². The van der Waals surface area contributed by atoms with Crippen molar-refractivity contribution >= 4 is 5.91 Å². The highest BCUT2D eigenvalue weighted by Gasteiger charge is 2.72. The molecule has 5 nitrogen and oxygen atoms in total. The predicted molar refractivity (Wildman–Crippen MR) is 72.1 cm³/mol. The molecule has 0 atom stereocenters. The van der Waals surface area contributed by atoms with Crippen molar-refractivity contribution in [3.05, 3.63) is 54.2 Å². The third-order valence-corrected chi connectivity index (χ3v) is 3.18. The van der Waals surface area contributed by atoms with E-state index < -0.39 is 36.0 Å². The topological polar surface area (TPSA) is 67.2 Å². The summed E-state index contributed by atoms with van der Waals surface area (Å²) in [6.07, 6.45) is -8.61. The lowest BCUT2D eigenvalue weighted by Crippen LogP contribution is -2.75. The van der Waals surface area contributed by atoms with Crippen molar-refractivity contribution in [2.75, 3.05) is 0 Å². The van der Waals surface area contributed by atoms with Crippen molar-refractivity contribution in [2.24, 2.45) is 0 Å². The maximum atomic E-state index is 13.3. The fourth-order valence-corrected chi connectivity index (χ4v) is 1.92. The molecule has 2 rings (SSSR count). The van der Waals surface area contributed by atoms with E-state index in [9.17, 15) is 31.1 Å². The van der Waals surface area contributed by atoms with Gasteiger partial charge in [-0.2, -0.15) is 26.3 Å². The lowest BCUT2D eigenvalue weighted by Gasteiger charge is -2.38. The molecule has 0 aromatic carbocycles. The Morgan fingerprint density at radius 3 is 2.24 bits per heavy atom. The second-order valence-corrected chi connectivity index (χ2v) is 4.87. The number of nitrogens with one attached hydrogen (secondary N) is 2. The first-order valence-electron chi connectivity index (χ1n) is 6.70. The van der Waals surface area contributed by atoms with E-state index in [0.29, 0.717) is 0 Å². The van der Waals surface area contributed by atoms with Gasteiger partial charge in [0.25, 0.3) is 11.6 Å². The van der Waals surface area contributed by atoms with Crippen molar-refractivity contribution in [1.82, 2.24) is 15.6 Å². The van der Waals surface area contributed by atoms with Crippen LogP contribution in [0, 0.1) is 0 Å². The van der Waals surface area contributed by atoms with Crippen LogP contribution in [-0.2, 0) is 6.54 Å². The van der Waals surface area contributed by atoms with Crippen LogP contribution in [0.4, 0.5) is 26.3 Å². The molecule has 25 heavy (non-hydrogen) atoms. The van der Waals surface area contributed by atoms with Gasteiger partial charge in [0.05, 0.1) is 18.4 Å². The third-order valence-electron chi connectivity index (χ3n) is 3.18. The number of carbonyl (C=O) groups is 1. The molecule has 0 saturated carbocycles. The molecular weight excluding hydrogens is 356 g/mol. The van der Waals surface area contributed by atoms with Crippen LogP contribution in [0.2, 0.25) is 0 Å². The zero-order valence-corrected chi connectivity index (χ0v) is 12.3. The summed E-state index contributed by atoms with van der Waals surface area (Å²) >= 11 is 0. The zero-order valence-electron chi connectivity index (χ0n) is 12.3. The number of amides is 1. The quantitative estimate of drug-likeness (QED) is 0.630. The summed E-state index contributed by atoms with van der Waals surface area (Å²) in [5, 5.41) is 2.33. The molecule has 2 aromatic rings. The molecule has 2 aromatic heterocycles. The molecule has 2 N–H and O–H groups in total. The Bertz CT molecular complexity index is 684. The highest BCUT2D eigenvalue weighted by Crippen LogP contribution is 2.41. The van der Waals surface area contributed by atoms with Gasteiger partial charge in [-0.3, -0.25) is 15.1 Å². The first kappa shape index (κ1) is 18.8. The predicted octanol–water partition coefficient (Wildman–Crippen LogP) is 3.02. The molecule has 0 fully saturated rings. The molecule has 0 aliphatic heterocycles. The summed E-state index contributed by atoms with van der Waals surface area (Å²) in [5.74, 6) is -1.76. The van der Waals surface area contributed by atoms with E-state index in [1.54, 1.807) is 0 Å². The van der Waals surface area contributed by atoms with Crippen molar-refractivity contribution in [3.8, 4) is 0 Å². The van der Waals surface area contributed by atoms with E-state index in [-0.39, 0.29) is 5.76 Å². The number of hydrogen-bond acceptors (Lipinski definition) is 4. The van der Waals surface area contributed by atoms with Crippen LogP contribution in [-0.4, -0.2) is 28.9 Å². The lowest BCUT2D eigenvalue weighted by atomic mass is 10.1. The summed E-state index contributed by atoms with van der Waals surface area (Å²) in [6, 6.07) is 4.72. The van der Waals surface area contributed by atoms with Gasteiger partial charge in [-0.15, -0.1) is 0 Å². The Kier molecular flexibility index (Phi) is 5.07. The molecule has 0 saturated heterocycles. The Morgan fingerprint density at radius 2 is 1.76 bits per heavy atom. The van der Waals surface area contributed by atoms with Gasteiger partial charge in [-0.1, -0.05) is 0 Å². The monoisotopic (exact) mass is 367 g/mol. The van der Waals surface area contributed by atoms with Gasteiger partial charge < -0.3 is 9.73 Å². The third kappa shape index (κ3) is 3.92. The number of pyridine rings is 1. The first-order chi connectivity index (χ1) is 11.6. The Labute approximate surface area is 137 Å². The second kappa shape index (κ2) is 6.75. The molecule has 11 heteroatoms. The number of halogens is 6. The van der Waals surface area contributed by atoms with Crippen molar-refractivity contribution in [2.45, 2.75) is 24.6 Å². The molecule has 0 spiro atoms. The van der Waals surface area contributed by atoms with Gasteiger partial charge >= 0.3 is 12.4 Å². The van der Waals surface area contributed by atoms with Gasteiger partial charge in [0.1, 0.15) is 5.76 Å². The minimum absolute atomic E-state index is 0.173. The van der Waals surface area contributed by atoms with Crippen molar-refractivity contribution in [1.29, 1.82) is 0 Å². The Morgan fingerprint density at radius 1 is 1.08 bits per heavy atom. The van der Waals surface area contributed by atoms with Gasteiger partial charge in [0, 0.05) is 12.4 Å². The SMILES string of the molecule is O=C(NC(NCc1ccco1)(C(F)(F)F)C(F)(F)F)c1cccnc1. The first-order valence-corrected chi connectivity index (χ1v) is 6.70. The second-order valence-electron chi connectivity index (χ2n) is 4.87. The number of furan rings is 1. The molecule has 0 aliphatic carbocycles. The fourth-order valence-electron chi connectivity index (χ4n) is 1.92. The fraction of sp³-hybridized carbons (Fsp3) is 0.286. The molecule has 0 unspecified atom stereocenters. The average Bonchev–Trinajstić information content (AvgIpc) is 3.03. The molecule has 0 bridgehead atoms. The molecule has 0 aliphatic rings. The number of alkyl halides is 6. The van der Waals surface area contributed by atoms with Crippen LogP contribution in [0.3, 0.4) is 0 Å². The number of hydrogen-bond donors (Lipinski definition) is 2. The zero-order chi connectivity index (χ0) is 18.7. The van der Waals surface area contributed by atoms with E-state index in [4.69, 9.17) is 4.42 Å². The summed E-state index contributed by atoms with van der Waals surface area (Å²) in [6.45, 7) is -0.917. The molecule has 136 valence electrons. The number of aromatic nitrogens is 1. The van der Waals surface area contributed by atoms with E-state index in [2.05, 4.69) is 4.98 Å². The van der Waals surface area contributed by atoms with Crippen molar-refractivity contribution < 1.29 is 35.6 Å². The maximum absolute atomic E-state index is 13.3. The smallest absolute Gasteiger partial charge is 0.434 e. The Balaban J connectivity index is 2.37. The molecule has 2 heterocycles. The van der Waals surface area contributed by atoms with E-state index in [0.717, 1.165) is 23.8 Å². The van der Waals surface area contributed by atoms with E-state index in [1.807, 2.05) is 0 Å². The molecule has 1 amide bonds. The highest BCUT2D eigenvalue weighted by atomic mass is 19.4. The summed E-state index contributed by atoms with van der Waals surface area (Å²) in [5.41, 5.74) is -5.13. The minimum Gasteiger partial charge on any atom is -0.468 e. The average molecular weight is 367 g/mol. The molecular formula is C14H11F6N3O2. The number of rotatable bonds is 5. The minimum atomic E-state index is -5.88. The normalized spacial score (nSPS) is 12.9. The van der Waals surface area contributed by atoms with Crippen LogP contribution in [0.5, 0.6) is 0 Å². The largest absolute Gasteiger partial charge is 0.468 e. The summed E-state index contributed by atoms with van der Waals surface area (Å²) in [7, 11) is 0. The van der Waals surface area contributed by atoms with Crippen LogP contribution in [0.15, 0.2) is 47.3 Å². The molecule has 0 radical (unpaired) electrons. The van der Waals surface area contributed by atoms with Crippen LogP contribution < -0.4 is 10.6 Å². The van der Waals surface area contributed by atoms with Crippen molar-refractivity contribution in [3.63, 3.8) is 0 Å². The maximum Gasteiger partial charge on any atom is 0.434 e. The number of carbonyl (C=O) groups excluding carboxylic acids is 1. The Hall–Kier alpha value is -2.56. The highest BCUT2D eigenvalue weighted by molar-refractivity contribution is 5.94. The van der Waals surface area contributed by atoms with Crippen LogP contribution in [0.1, 0.15) is 16.1 Å². The summed E-state index contributed by atoms with van der Waals surface area (Å²) < 4.78 is 84.7. The van der Waals surface area contributed by atoms with Gasteiger partial charge in [-0.05, 0) is 24.3 Å². The standard InChI is InChI=1S/C14H11F6N3O2/c15-13(16,17)12(14(18,19)20,22-8-10-4-2-6-25-10)23-11(24)9-3-1-5-21-7-9/h1-7,22H,8H2,(H,23,24). The number of nitrogens with zero attached hydrogens (tertiary/aromatic N) is 1. The van der Waals surface area contributed by atoms with Gasteiger partial charge in [0.2, 0.25) is 0 Å². The lowest BCUT2D eigenvalue weighted by molar-refractivity contribution is -0.315.